The zero-order valence-corrected chi connectivity index (χ0v) is 19.9. The molecule has 1 saturated heterocycles. The summed E-state index contributed by atoms with van der Waals surface area (Å²) in [4.78, 5) is 19.1. The quantitative estimate of drug-likeness (QED) is 0.477. The van der Waals surface area contributed by atoms with E-state index in [1.54, 1.807) is 33.5 Å². The van der Waals surface area contributed by atoms with Crippen LogP contribution < -0.4 is 14.2 Å². The van der Waals surface area contributed by atoms with Crippen LogP contribution in [0.4, 0.5) is 0 Å². The van der Waals surface area contributed by atoms with Gasteiger partial charge in [0.1, 0.15) is 5.82 Å². The van der Waals surface area contributed by atoms with E-state index < -0.39 is 0 Å². The highest BCUT2D eigenvalue weighted by atomic mass is 79.9. The number of benzene rings is 1. The van der Waals surface area contributed by atoms with Crippen molar-refractivity contribution in [2.45, 2.75) is 25.3 Å². The lowest BCUT2D eigenvalue weighted by Gasteiger charge is -2.31. The molecular weight excluding hydrogens is 478 g/mol. The minimum atomic E-state index is -0.0742. The third-order valence-corrected chi connectivity index (χ3v) is 6.18. The number of ether oxygens (including phenoxy) is 3. The van der Waals surface area contributed by atoms with Crippen molar-refractivity contribution < 1.29 is 23.4 Å². The van der Waals surface area contributed by atoms with Crippen LogP contribution in [0, 0.1) is 0 Å². The molecule has 8 nitrogen and oxygen atoms in total. The first-order valence-electron chi connectivity index (χ1n) is 10.4. The molecule has 0 unspecified atom stereocenters. The Labute approximate surface area is 195 Å². The third-order valence-electron chi connectivity index (χ3n) is 5.76. The largest absolute Gasteiger partial charge is 0.493 e. The van der Waals surface area contributed by atoms with Gasteiger partial charge in [0, 0.05) is 37.9 Å². The van der Waals surface area contributed by atoms with Gasteiger partial charge >= 0.3 is 0 Å². The first-order chi connectivity index (χ1) is 15.5. The molecule has 1 aliphatic heterocycles. The molecule has 0 atom stereocenters. The van der Waals surface area contributed by atoms with Gasteiger partial charge in [-0.3, -0.25) is 4.79 Å². The third kappa shape index (κ3) is 4.48. The SMILES string of the molecule is COc1cc(Cn2ccnc2C2CCN(C(=O)c3ccc(Br)o3)CC2)cc(OC)c1OC. The van der Waals surface area contributed by atoms with E-state index in [4.69, 9.17) is 18.6 Å². The van der Waals surface area contributed by atoms with Gasteiger partial charge in [0.15, 0.2) is 21.9 Å². The Morgan fingerprint density at radius 2 is 1.81 bits per heavy atom. The maximum Gasteiger partial charge on any atom is 0.289 e. The van der Waals surface area contributed by atoms with Crippen LogP contribution in [0.25, 0.3) is 0 Å². The van der Waals surface area contributed by atoms with Gasteiger partial charge in [-0.15, -0.1) is 0 Å². The summed E-state index contributed by atoms with van der Waals surface area (Å²) in [6.45, 7) is 1.96. The Balaban J connectivity index is 1.46. The molecule has 1 fully saturated rings. The highest BCUT2D eigenvalue weighted by Gasteiger charge is 2.28. The molecular formula is C23H26BrN3O5. The maximum absolute atomic E-state index is 12.6. The van der Waals surface area contributed by atoms with E-state index in [-0.39, 0.29) is 11.8 Å². The monoisotopic (exact) mass is 503 g/mol. The molecule has 2 aromatic heterocycles. The van der Waals surface area contributed by atoms with Crippen molar-refractivity contribution in [3.05, 3.63) is 58.5 Å². The summed E-state index contributed by atoms with van der Waals surface area (Å²) >= 11 is 3.25. The van der Waals surface area contributed by atoms with Gasteiger partial charge in [-0.2, -0.15) is 0 Å². The molecule has 1 aromatic carbocycles. The van der Waals surface area contributed by atoms with Gasteiger partial charge in [-0.25, -0.2) is 4.98 Å². The number of aromatic nitrogens is 2. The second-order valence-corrected chi connectivity index (χ2v) is 8.40. The van der Waals surface area contributed by atoms with Crippen LogP contribution in [0.15, 0.2) is 45.7 Å². The number of halogens is 1. The zero-order chi connectivity index (χ0) is 22.7. The molecule has 0 saturated carbocycles. The Hall–Kier alpha value is -2.94. The van der Waals surface area contributed by atoms with Crippen molar-refractivity contribution in [1.82, 2.24) is 14.5 Å². The number of nitrogens with zero attached hydrogens (tertiary/aromatic N) is 3. The number of amides is 1. The average molecular weight is 504 g/mol. The van der Waals surface area contributed by atoms with E-state index in [1.165, 1.54) is 0 Å². The smallest absolute Gasteiger partial charge is 0.289 e. The van der Waals surface area contributed by atoms with Crippen LogP contribution in [0.3, 0.4) is 0 Å². The fraction of sp³-hybridized carbons (Fsp3) is 0.391. The van der Waals surface area contributed by atoms with E-state index in [0.717, 1.165) is 24.2 Å². The Morgan fingerprint density at radius 1 is 1.12 bits per heavy atom. The summed E-state index contributed by atoms with van der Waals surface area (Å²) in [7, 11) is 4.82. The molecule has 1 amide bonds. The number of likely N-dealkylation sites (tertiary alicyclic amines) is 1. The van der Waals surface area contributed by atoms with Crippen molar-refractivity contribution in [3.8, 4) is 17.2 Å². The molecule has 3 heterocycles. The second-order valence-electron chi connectivity index (χ2n) is 7.62. The summed E-state index contributed by atoms with van der Waals surface area (Å²) in [5.41, 5.74) is 1.02. The van der Waals surface area contributed by atoms with Crippen LogP contribution in [0.1, 0.15) is 40.7 Å². The van der Waals surface area contributed by atoms with Gasteiger partial charge in [-0.1, -0.05) is 0 Å². The molecule has 170 valence electrons. The molecule has 0 aliphatic carbocycles. The summed E-state index contributed by atoms with van der Waals surface area (Å²) in [5.74, 6) is 3.41. The summed E-state index contributed by atoms with van der Waals surface area (Å²) < 4.78 is 24.5. The fourth-order valence-corrected chi connectivity index (χ4v) is 4.47. The van der Waals surface area contributed by atoms with E-state index in [2.05, 4.69) is 25.5 Å². The lowest BCUT2D eigenvalue weighted by atomic mass is 9.95. The van der Waals surface area contributed by atoms with Crippen molar-refractivity contribution in [1.29, 1.82) is 0 Å². The Kier molecular flexibility index (Phi) is 6.74. The van der Waals surface area contributed by atoms with Gasteiger partial charge in [-0.05, 0) is 58.6 Å². The number of carbonyl (C=O) groups excluding carboxylic acids is 1. The van der Waals surface area contributed by atoms with Crippen LogP contribution in [-0.4, -0.2) is 54.8 Å². The molecule has 0 radical (unpaired) electrons. The van der Waals surface area contributed by atoms with Crippen LogP contribution in [0.2, 0.25) is 0 Å². The zero-order valence-electron chi connectivity index (χ0n) is 18.3. The second kappa shape index (κ2) is 9.68. The van der Waals surface area contributed by atoms with Crippen molar-refractivity contribution >= 4 is 21.8 Å². The Morgan fingerprint density at radius 3 is 2.38 bits per heavy atom. The van der Waals surface area contributed by atoms with Gasteiger partial charge in [0.05, 0.1) is 21.3 Å². The van der Waals surface area contributed by atoms with Crippen LogP contribution in [0.5, 0.6) is 17.2 Å². The summed E-state index contributed by atoms with van der Waals surface area (Å²) in [6, 6.07) is 7.34. The molecule has 4 rings (SSSR count). The van der Waals surface area contributed by atoms with Crippen LogP contribution >= 0.6 is 15.9 Å². The van der Waals surface area contributed by atoms with E-state index in [1.807, 2.05) is 29.4 Å². The minimum absolute atomic E-state index is 0.0742. The van der Waals surface area contributed by atoms with Crippen molar-refractivity contribution in [2.75, 3.05) is 34.4 Å². The predicted octanol–water partition coefficient (Wildman–Crippen LogP) is 4.33. The fourth-order valence-electron chi connectivity index (χ4n) is 4.16. The first kappa shape index (κ1) is 22.3. The number of furan rings is 1. The van der Waals surface area contributed by atoms with Gasteiger partial charge in [0.2, 0.25) is 5.75 Å². The topological polar surface area (TPSA) is 79.0 Å². The van der Waals surface area contributed by atoms with Crippen LogP contribution in [-0.2, 0) is 6.54 Å². The lowest BCUT2D eigenvalue weighted by Crippen LogP contribution is -2.38. The number of carbonyl (C=O) groups is 1. The predicted molar refractivity (Wildman–Crippen MR) is 122 cm³/mol. The Bertz CT molecular complexity index is 1060. The normalized spacial score (nSPS) is 14.4. The first-order valence-corrected chi connectivity index (χ1v) is 11.2. The van der Waals surface area contributed by atoms with E-state index in [0.29, 0.717) is 47.3 Å². The summed E-state index contributed by atoms with van der Waals surface area (Å²) in [5, 5.41) is 0. The standard InChI is InChI=1S/C23H26BrN3O5/c1-29-18-12-15(13-19(30-2)21(18)31-3)14-27-11-8-25-22(27)16-6-9-26(10-7-16)23(28)17-4-5-20(24)32-17/h4-5,8,11-13,16H,6-7,9-10,14H2,1-3H3. The highest BCUT2D eigenvalue weighted by molar-refractivity contribution is 9.10. The number of rotatable bonds is 7. The molecule has 3 aromatic rings. The lowest BCUT2D eigenvalue weighted by molar-refractivity contribution is 0.0677. The molecule has 0 spiro atoms. The van der Waals surface area contributed by atoms with Gasteiger partial charge < -0.3 is 28.1 Å². The van der Waals surface area contributed by atoms with Crippen molar-refractivity contribution in [3.63, 3.8) is 0 Å². The molecule has 32 heavy (non-hydrogen) atoms. The van der Waals surface area contributed by atoms with Crippen molar-refractivity contribution in [2.24, 2.45) is 0 Å². The van der Waals surface area contributed by atoms with E-state index in [9.17, 15) is 4.79 Å². The molecule has 0 N–H and O–H groups in total. The summed E-state index contributed by atoms with van der Waals surface area (Å²) in [6.07, 6.45) is 5.50. The number of piperidine rings is 1. The molecule has 1 aliphatic rings. The number of methoxy groups -OCH3 is 3. The molecule has 0 bridgehead atoms. The highest BCUT2D eigenvalue weighted by Crippen LogP contribution is 2.38. The number of hydrogen-bond donors (Lipinski definition) is 0. The van der Waals surface area contributed by atoms with E-state index >= 15 is 0 Å². The minimum Gasteiger partial charge on any atom is -0.493 e. The number of imidazole rings is 1. The number of hydrogen-bond acceptors (Lipinski definition) is 6. The molecule has 9 heteroatoms. The van der Waals surface area contributed by atoms with Gasteiger partial charge in [0.25, 0.3) is 5.91 Å². The maximum atomic E-state index is 12.6. The average Bonchev–Trinajstić information content (AvgIpc) is 3.47.